The summed E-state index contributed by atoms with van der Waals surface area (Å²) in [6, 6.07) is 17.6. The normalized spacial score (nSPS) is 20.2. The van der Waals surface area contributed by atoms with Gasteiger partial charge in [-0.3, -0.25) is 24.0 Å². The molecule has 3 aromatic rings. The molecule has 240 valence electrons. The molecule has 1 fully saturated rings. The number of aromatic nitrogens is 1. The van der Waals surface area contributed by atoms with Gasteiger partial charge < -0.3 is 30.9 Å². The number of hydrogen-bond donors (Lipinski definition) is 4. The van der Waals surface area contributed by atoms with Gasteiger partial charge in [0.1, 0.15) is 11.6 Å². The number of nitrogens with two attached hydrogens (primary N) is 1. The van der Waals surface area contributed by atoms with Crippen LogP contribution in [0.4, 0.5) is 0 Å². The van der Waals surface area contributed by atoms with Crippen molar-refractivity contribution in [2.45, 2.75) is 55.5 Å². The molecule has 4 amide bonds. The first kappa shape index (κ1) is 32.1. The summed E-state index contributed by atoms with van der Waals surface area (Å²) < 4.78 is 1.35. The van der Waals surface area contributed by atoms with Crippen LogP contribution in [0.15, 0.2) is 77.7 Å². The number of nitrogens with zero attached hydrogens (tertiary/aromatic N) is 2. The molecule has 1 aromatic heterocycles. The van der Waals surface area contributed by atoms with Gasteiger partial charge in [-0.05, 0) is 54.5 Å². The summed E-state index contributed by atoms with van der Waals surface area (Å²) in [5.74, 6) is -3.89. The van der Waals surface area contributed by atoms with Crippen LogP contribution < -0.4 is 21.9 Å². The van der Waals surface area contributed by atoms with E-state index in [0.29, 0.717) is 49.0 Å². The van der Waals surface area contributed by atoms with E-state index in [1.165, 1.54) is 10.6 Å². The Morgan fingerprint density at radius 2 is 1.63 bits per heavy atom. The third-order valence-corrected chi connectivity index (χ3v) is 9.07. The molecular formula is C34H37N5O7. The van der Waals surface area contributed by atoms with Crippen molar-refractivity contribution < 1.29 is 29.1 Å². The number of fused-ring (bicyclic) bond motifs is 1. The van der Waals surface area contributed by atoms with Crippen molar-refractivity contribution >= 4 is 29.6 Å². The van der Waals surface area contributed by atoms with Crippen molar-refractivity contribution in [3.63, 3.8) is 0 Å². The van der Waals surface area contributed by atoms with Crippen molar-refractivity contribution in [2.75, 3.05) is 13.1 Å². The molecular weight excluding hydrogens is 590 g/mol. The zero-order valence-electron chi connectivity index (χ0n) is 25.5. The Hall–Kier alpha value is -5.26. The standard InChI is InChI=1S/C34H37N5O7/c1-38-17-7-11-25(30(38)42)29(41)36-22-14-18-39(19-15-22)31(43)24-13-16-34(21-8-3-2-4-9-21,26-12-6-5-10-23(24)26)33(46)37-27(32(44)45)20-28(35)40/h2-12,17,22,24,27H,13-16,18-20H2,1H3,(H2,35,40)(H,36,41)(H,37,46)(H,44,45)/t24-,27-,34+/m0/s1. The van der Waals surface area contributed by atoms with Crippen LogP contribution in [0.5, 0.6) is 0 Å². The van der Waals surface area contributed by atoms with Crippen molar-refractivity contribution in [1.82, 2.24) is 20.1 Å². The first-order valence-corrected chi connectivity index (χ1v) is 15.2. The summed E-state index contributed by atoms with van der Waals surface area (Å²) >= 11 is 0. The van der Waals surface area contributed by atoms with E-state index in [1.54, 1.807) is 66.7 Å². The number of primary amides is 1. The largest absolute Gasteiger partial charge is 0.480 e. The Morgan fingerprint density at radius 1 is 0.957 bits per heavy atom. The minimum absolute atomic E-state index is 0.0672. The highest BCUT2D eigenvalue weighted by Crippen LogP contribution is 2.48. The predicted molar refractivity (Wildman–Crippen MR) is 168 cm³/mol. The summed E-state index contributed by atoms with van der Waals surface area (Å²) in [5, 5.41) is 15.2. The smallest absolute Gasteiger partial charge is 0.326 e. The second-order valence-corrected chi connectivity index (χ2v) is 11.9. The fourth-order valence-electron chi connectivity index (χ4n) is 6.67. The van der Waals surface area contributed by atoms with E-state index in [2.05, 4.69) is 10.6 Å². The van der Waals surface area contributed by atoms with Gasteiger partial charge in [0, 0.05) is 32.4 Å². The number of rotatable bonds is 9. The Bertz CT molecular complexity index is 1710. The summed E-state index contributed by atoms with van der Waals surface area (Å²) in [6.45, 7) is 0.819. The van der Waals surface area contributed by atoms with Gasteiger partial charge in [0.25, 0.3) is 11.5 Å². The van der Waals surface area contributed by atoms with Crippen molar-refractivity contribution in [1.29, 1.82) is 0 Å². The molecule has 0 spiro atoms. The van der Waals surface area contributed by atoms with Crippen LogP contribution in [-0.4, -0.2) is 69.3 Å². The first-order valence-electron chi connectivity index (χ1n) is 15.2. The van der Waals surface area contributed by atoms with Gasteiger partial charge in [0.2, 0.25) is 17.7 Å². The molecule has 1 aliphatic heterocycles. The number of carboxylic acids is 1. The average molecular weight is 628 g/mol. The number of pyridine rings is 1. The summed E-state index contributed by atoms with van der Waals surface area (Å²) in [4.78, 5) is 78.6. The van der Waals surface area contributed by atoms with E-state index < -0.39 is 47.5 Å². The maximum atomic E-state index is 14.1. The van der Waals surface area contributed by atoms with Gasteiger partial charge in [0.05, 0.1) is 17.8 Å². The number of piperidine rings is 1. The molecule has 1 aliphatic carbocycles. The van der Waals surface area contributed by atoms with Gasteiger partial charge in [-0.15, -0.1) is 0 Å². The first-order chi connectivity index (χ1) is 22.0. The van der Waals surface area contributed by atoms with Crippen LogP contribution in [0, 0.1) is 0 Å². The molecule has 0 bridgehead atoms. The van der Waals surface area contributed by atoms with Crippen molar-refractivity contribution in [2.24, 2.45) is 12.8 Å². The Balaban J connectivity index is 1.37. The molecule has 3 atom stereocenters. The van der Waals surface area contributed by atoms with Crippen LogP contribution in [0.2, 0.25) is 0 Å². The van der Waals surface area contributed by atoms with Crippen LogP contribution in [0.1, 0.15) is 65.1 Å². The molecule has 12 nitrogen and oxygen atoms in total. The third-order valence-electron chi connectivity index (χ3n) is 9.07. The molecule has 5 N–H and O–H groups in total. The number of carboxylic acid groups (broad SMARTS) is 1. The highest BCUT2D eigenvalue weighted by Gasteiger charge is 2.49. The topological polar surface area (TPSA) is 181 Å². The Kier molecular flexibility index (Phi) is 9.36. The lowest BCUT2D eigenvalue weighted by atomic mass is 9.62. The van der Waals surface area contributed by atoms with Gasteiger partial charge in [-0.25, -0.2) is 4.79 Å². The van der Waals surface area contributed by atoms with Crippen LogP contribution in [0.3, 0.4) is 0 Å². The number of nitrogens with one attached hydrogen (secondary N) is 2. The maximum Gasteiger partial charge on any atom is 0.326 e. The summed E-state index contributed by atoms with van der Waals surface area (Å²) in [6.07, 6.45) is 2.60. The molecule has 12 heteroatoms. The summed E-state index contributed by atoms with van der Waals surface area (Å²) in [5.41, 5.74) is 5.55. The number of hydrogen-bond acceptors (Lipinski definition) is 6. The van der Waals surface area contributed by atoms with E-state index in [-0.39, 0.29) is 29.5 Å². The van der Waals surface area contributed by atoms with Crippen molar-refractivity contribution in [3.8, 4) is 0 Å². The van der Waals surface area contributed by atoms with Gasteiger partial charge in [0.15, 0.2) is 0 Å². The Labute approximate surface area is 265 Å². The molecule has 0 unspecified atom stereocenters. The lowest BCUT2D eigenvalue weighted by Crippen LogP contribution is -2.54. The third kappa shape index (κ3) is 6.28. The number of aliphatic carboxylic acids is 1. The van der Waals surface area contributed by atoms with Crippen LogP contribution in [0.25, 0.3) is 0 Å². The minimum atomic E-state index is -1.51. The van der Waals surface area contributed by atoms with Crippen LogP contribution in [-0.2, 0) is 31.6 Å². The number of benzene rings is 2. The number of amides is 4. The second-order valence-electron chi connectivity index (χ2n) is 11.9. The lowest BCUT2D eigenvalue weighted by Gasteiger charge is -2.43. The molecule has 2 heterocycles. The zero-order chi connectivity index (χ0) is 33.0. The van der Waals surface area contributed by atoms with E-state index in [9.17, 15) is 33.9 Å². The number of likely N-dealkylation sites (tertiary alicyclic amines) is 1. The van der Waals surface area contributed by atoms with Crippen molar-refractivity contribution in [3.05, 3.63) is 106 Å². The van der Waals surface area contributed by atoms with Gasteiger partial charge in [-0.2, -0.15) is 0 Å². The fraction of sp³-hybridized carbons (Fsp3) is 0.353. The van der Waals surface area contributed by atoms with Gasteiger partial charge in [-0.1, -0.05) is 54.6 Å². The molecule has 0 saturated carbocycles. The van der Waals surface area contributed by atoms with Gasteiger partial charge >= 0.3 is 5.97 Å². The van der Waals surface area contributed by atoms with E-state index in [0.717, 1.165) is 0 Å². The molecule has 0 radical (unpaired) electrons. The SMILES string of the molecule is Cn1cccc(C(=O)NC2CCN(C(=O)[C@H]3CC[C@@](C(=O)N[C@@H](CC(N)=O)C(=O)O)(c4ccccc4)c4ccccc43)CC2)c1=O. The molecule has 2 aliphatic rings. The minimum Gasteiger partial charge on any atom is -0.480 e. The number of carbonyl (C=O) groups excluding carboxylic acids is 4. The number of aryl methyl sites for hydroxylation is 1. The highest BCUT2D eigenvalue weighted by molar-refractivity contribution is 5.98. The molecule has 5 rings (SSSR count). The molecule has 1 saturated heterocycles. The summed E-state index contributed by atoms with van der Waals surface area (Å²) in [7, 11) is 1.58. The maximum absolute atomic E-state index is 14.1. The number of carbonyl (C=O) groups is 5. The van der Waals surface area contributed by atoms with Crippen LogP contribution >= 0.6 is 0 Å². The molecule has 2 aromatic carbocycles. The second kappa shape index (κ2) is 13.4. The van der Waals surface area contributed by atoms with E-state index >= 15 is 0 Å². The fourth-order valence-corrected chi connectivity index (χ4v) is 6.67. The zero-order valence-corrected chi connectivity index (χ0v) is 25.5. The quantitative estimate of drug-likeness (QED) is 0.277. The lowest BCUT2D eigenvalue weighted by molar-refractivity contribution is -0.144. The van der Waals surface area contributed by atoms with E-state index in [1.807, 2.05) is 12.1 Å². The average Bonchev–Trinajstić information content (AvgIpc) is 3.05. The van der Waals surface area contributed by atoms with E-state index in [4.69, 9.17) is 5.73 Å². The Morgan fingerprint density at radius 3 is 2.30 bits per heavy atom. The predicted octanol–water partition coefficient (Wildman–Crippen LogP) is 1.41. The highest BCUT2D eigenvalue weighted by atomic mass is 16.4. The molecule has 46 heavy (non-hydrogen) atoms. The monoisotopic (exact) mass is 627 g/mol.